The molecule has 0 unspecified atom stereocenters. The van der Waals surface area contributed by atoms with Crippen molar-refractivity contribution in [3.05, 3.63) is 84.0 Å². The summed E-state index contributed by atoms with van der Waals surface area (Å²) < 4.78 is 24.8. The van der Waals surface area contributed by atoms with Crippen LogP contribution < -0.4 is 10.4 Å². The molecule has 0 aromatic heterocycles. The molecule has 0 saturated carbocycles. The van der Waals surface area contributed by atoms with Gasteiger partial charge in [0.25, 0.3) is 8.32 Å². The van der Waals surface area contributed by atoms with Gasteiger partial charge in [0.05, 0.1) is 33.0 Å². The molecule has 1 spiro atoms. The number of aliphatic hydroxyl groups is 1. The molecule has 2 aromatic rings. The van der Waals surface area contributed by atoms with E-state index in [1.807, 2.05) is 6.08 Å². The Bertz CT molecular complexity index is 1260. The zero-order chi connectivity index (χ0) is 31.0. The first-order valence-electron chi connectivity index (χ1n) is 15.6. The van der Waals surface area contributed by atoms with Gasteiger partial charge in [-0.15, -0.1) is 5.92 Å². The van der Waals surface area contributed by atoms with Gasteiger partial charge in [-0.1, -0.05) is 113 Å². The molecule has 1 aliphatic heterocycles. The van der Waals surface area contributed by atoms with E-state index in [2.05, 4.69) is 120 Å². The van der Waals surface area contributed by atoms with Crippen molar-refractivity contribution in [1.82, 2.24) is 0 Å². The van der Waals surface area contributed by atoms with Crippen LogP contribution in [-0.4, -0.2) is 58.9 Å². The van der Waals surface area contributed by atoms with Gasteiger partial charge >= 0.3 is 0 Å². The van der Waals surface area contributed by atoms with Gasteiger partial charge in [0.15, 0.2) is 5.79 Å². The Hall–Kier alpha value is -2.50. The first-order valence-corrected chi connectivity index (χ1v) is 17.5. The van der Waals surface area contributed by atoms with E-state index in [0.717, 1.165) is 24.8 Å². The Morgan fingerprint density at radius 2 is 1.63 bits per heavy atom. The minimum absolute atomic E-state index is 0.0421. The lowest BCUT2D eigenvalue weighted by Crippen LogP contribution is -2.66. The van der Waals surface area contributed by atoms with E-state index >= 15 is 0 Å². The summed E-state index contributed by atoms with van der Waals surface area (Å²) in [6, 6.07) is 21.5. The third-order valence-corrected chi connectivity index (χ3v) is 14.1. The van der Waals surface area contributed by atoms with Crippen LogP contribution in [0.3, 0.4) is 0 Å². The summed E-state index contributed by atoms with van der Waals surface area (Å²) >= 11 is 0. The maximum Gasteiger partial charge on any atom is 0.261 e. The predicted octanol–water partition coefficient (Wildman–Crippen LogP) is 6.02. The van der Waals surface area contributed by atoms with Crippen molar-refractivity contribution >= 4 is 18.7 Å². The van der Waals surface area contributed by atoms with Crippen molar-refractivity contribution in [2.75, 3.05) is 39.6 Å². The molecule has 0 amide bonds. The molecule has 0 bridgehead atoms. The summed E-state index contributed by atoms with van der Waals surface area (Å²) in [6.45, 7) is 15.9. The summed E-state index contributed by atoms with van der Waals surface area (Å²) in [4.78, 5) is 0. The molecule has 1 saturated heterocycles. The Kier molecular flexibility index (Phi) is 11.3. The second kappa shape index (κ2) is 14.5. The van der Waals surface area contributed by atoms with E-state index < -0.39 is 14.1 Å². The van der Waals surface area contributed by atoms with E-state index in [0.29, 0.717) is 33.0 Å². The van der Waals surface area contributed by atoms with Crippen molar-refractivity contribution in [2.45, 2.75) is 71.6 Å². The first kappa shape index (κ1) is 33.4. The van der Waals surface area contributed by atoms with Crippen LogP contribution in [0.25, 0.3) is 0 Å². The number of unbranched alkanes of at least 4 members (excludes halogenated alkanes) is 1. The number of aliphatic hydroxyl groups excluding tert-OH is 1. The second-order valence-corrected chi connectivity index (χ2v) is 17.6. The van der Waals surface area contributed by atoms with Crippen LogP contribution in [0.5, 0.6) is 0 Å². The van der Waals surface area contributed by atoms with E-state index in [1.165, 1.54) is 15.9 Å². The normalized spacial score (nSPS) is 22.3. The van der Waals surface area contributed by atoms with E-state index in [4.69, 9.17) is 18.6 Å². The molecule has 2 atom stereocenters. The van der Waals surface area contributed by atoms with Crippen molar-refractivity contribution in [2.24, 2.45) is 11.3 Å². The van der Waals surface area contributed by atoms with Gasteiger partial charge in [-0.05, 0) is 46.3 Å². The number of hydrogen-bond donors (Lipinski definition) is 1. The minimum Gasteiger partial charge on any atom is -0.403 e. The summed E-state index contributed by atoms with van der Waals surface area (Å²) in [5.41, 5.74) is 1.89. The maximum absolute atomic E-state index is 10.2. The molecule has 1 aliphatic carbocycles. The smallest absolute Gasteiger partial charge is 0.261 e. The fourth-order valence-electron chi connectivity index (χ4n) is 6.38. The van der Waals surface area contributed by atoms with Crippen LogP contribution in [-0.2, 0) is 18.6 Å². The third kappa shape index (κ3) is 7.60. The Morgan fingerprint density at radius 1 is 1.02 bits per heavy atom. The zero-order valence-corrected chi connectivity index (χ0v) is 27.9. The van der Waals surface area contributed by atoms with Gasteiger partial charge in [0, 0.05) is 18.3 Å². The SMILES string of the molecule is C/C(=C\CCC#CCOCC1=CC2(C[C@@H](C)[C@]1(C)CO)OCCO2)CO[Si](c1ccccc1)(c1ccccc1)C(C)(C)C. The molecule has 232 valence electrons. The predicted molar refractivity (Wildman–Crippen MR) is 177 cm³/mol. The van der Waals surface area contributed by atoms with E-state index in [1.54, 1.807) is 0 Å². The summed E-state index contributed by atoms with van der Waals surface area (Å²) in [5, 5.41) is 12.7. The van der Waals surface area contributed by atoms with Gasteiger partial charge in [-0.25, -0.2) is 0 Å². The molecule has 2 aromatic carbocycles. The van der Waals surface area contributed by atoms with Gasteiger partial charge in [0.2, 0.25) is 0 Å². The standard InChI is InChI=1S/C37H50O5Si/c1-30(27-42-43(35(3,4)5,33-18-12-9-13-19-33)34-20-14-10-15-21-34)17-11-7-8-16-22-39-28-32-26-37(40-23-24-41-37)25-31(2)36(32,6)29-38/h9-10,12-15,17-21,26,31,38H,7,11,22-25,27-29H2,1-6H3/b30-17+/t31-,36+/m1/s1. The van der Waals surface area contributed by atoms with Crippen molar-refractivity contribution in [1.29, 1.82) is 0 Å². The van der Waals surface area contributed by atoms with Crippen molar-refractivity contribution in [3.8, 4) is 11.8 Å². The average molecular weight is 603 g/mol. The molecule has 0 radical (unpaired) electrons. The molecule has 5 nitrogen and oxygen atoms in total. The summed E-state index contributed by atoms with van der Waals surface area (Å²) in [7, 11) is -2.55. The van der Waals surface area contributed by atoms with E-state index in [-0.39, 0.29) is 23.0 Å². The molecular formula is C37H50O5Si. The van der Waals surface area contributed by atoms with Crippen LogP contribution in [0.15, 0.2) is 84.0 Å². The van der Waals surface area contributed by atoms with Gasteiger partial charge < -0.3 is 23.7 Å². The first-order chi connectivity index (χ1) is 20.6. The fourth-order valence-corrected chi connectivity index (χ4v) is 11.0. The van der Waals surface area contributed by atoms with Crippen LogP contribution in [0.4, 0.5) is 0 Å². The highest BCUT2D eigenvalue weighted by Gasteiger charge is 2.50. The van der Waals surface area contributed by atoms with Gasteiger partial charge in [-0.3, -0.25) is 0 Å². The monoisotopic (exact) mass is 602 g/mol. The largest absolute Gasteiger partial charge is 0.403 e. The van der Waals surface area contributed by atoms with Gasteiger partial charge in [-0.2, -0.15) is 0 Å². The summed E-state index contributed by atoms with van der Waals surface area (Å²) in [6.07, 6.45) is 6.65. The Morgan fingerprint density at radius 3 is 2.19 bits per heavy atom. The molecule has 6 heteroatoms. The molecule has 2 aliphatic rings. The lowest BCUT2D eigenvalue weighted by molar-refractivity contribution is -0.148. The fraction of sp³-hybridized carbons (Fsp3) is 0.514. The van der Waals surface area contributed by atoms with Crippen LogP contribution in [0.2, 0.25) is 5.04 Å². The summed E-state index contributed by atoms with van der Waals surface area (Å²) in [5.74, 6) is 5.94. The van der Waals surface area contributed by atoms with Crippen LogP contribution in [0.1, 0.15) is 60.8 Å². The number of ether oxygens (including phenoxy) is 3. The number of rotatable bonds is 11. The Labute approximate surface area is 260 Å². The topological polar surface area (TPSA) is 57.2 Å². The molecule has 1 heterocycles. The second-order valence-electron chi connectivity index (χ2n) is 13.2. The highest BCUT2D eigenvalue weighted by Crippen LogP contribution is 2.47. The molecular weight excluding hydrogens is 552 g/mol. The third-order valence-electron chi connectivity index (χ3n) is 9.16. The average Bonchev–Trinajstić information content (AvgIpc) is 3.45. The lowest BCUT2D eigenvalue weighted by atomic mass is 9.66. The number of allylic oxidation sites excluding steroid dienone is 1. The highest BCUT2D eigenvalue weighted by molar-refractivity contribution is 6.99. The molecule has 4 rings (SSSR count). The quantitative estimate of drug-likeness (QED) is 0.148. The zero-order valence-electron chi connectivity index (χ0n) is 26.9. The molecule has 1 fully saturated rings. The van der Waals surface area contributed by atoms with Crippen molar-refractivity contribution < 1.29 is 23.7 Å². The molecule has 1 N–H and O–H groups in total. The van der Waals surface area contributed by atoms with E-state index in [9.17, 15) is 5.11 Å². The minimum atomic E-state index is -2.55. The van der Waals surface area contributed by atoms with Gasteiger partial charge in [0.1, 0.15) is 6.61 Å². The number of hydrogen-bond acceptors (Lipinski definition) is 5. The number of benzene rings is 2. The highest BCUT2D eigenvalue weighted by atomic mass is 28.4. The Balaban J connectivity index is 1.32. The van der Waals surface area contributed by atoms with Crippen LogP contribution >= 0.6 is 0 Å². The van der Waals surface area contributed by atoms with Crippen LogP contribution in [0, 0.1) is 23.2 Å². The molecule has 43 heavy (non-hydrogen) atoms. The van der Waals surface area contributed by atoms with Crippen molar-refractivity contribution in [3.63, 3.8) is 0 Å². The lowest BCUT2D eigenvalue weighted by Gasteiger charge is -2.45. The maximum atomic E-state index is 10.2.